The van der Waals surface area contributed by atoms with Crippen LogP contribution in [-0.4, -0.2) is 80.9 Å². The average Bonchev–Trinajstić information content (AvgIpc) is 3.20. The summed E-state index contributed by atoms with van der Waals surface area (Å²) in [5.41, 5.74) is 2.88. The minimum absolute atomic E-state index is 0.00583. The molecule has 2 saturated heterocycles. The van der Waals surface area contributed by atoms with Gasteiger partial charge < -0.3 is 19.8 Å². The van der Waals surface area contributed by atoms with Gasteiger partial charge in [0, 0.05) is 30.6 Å². The summed E-state index contributed by atoms with van der Waals surface area (Å²) in [6.07, 6.45) is 9.51. The number of rotatable bonds is 6. The van der Waals surface area contributed by atoms with Gasteiger partial charge in [0.1, 0.15) is 6.04 Å². The normalized spacial score (nSPS) is 31.8. The van der Waals surface area contributed by atoms with Crippen LogP contribution in [0.5, 0.6) is 0 Å². The van der Waals surface area contributed by atoms with Crippen LogP contribution in [0.4, 0.5) is 5.69 Å². The first-order valence-corrected chi connectivity index (χ1v) is 14.3. The Morgan fingerprint density at radius 1 is 1.08 bits per heavy atom. The number of likely N-dealkylation sites (tertiary alicyclic amines) is 1. The minimum Gasteiger partial charge on any atom is -0.394 e. The molecule has 1 aromatic carbocycles. The first kappa shape index (κ1) is 26.0. The second-order valence-corrected chi connectivity index (χ2v) is 12.2. The van der Waals surface area contributed by atoms with Crippen LogP contribution >= 0.6 is 11.8 Å². The third-order valence-electron chi connectivity index (χ3n) is 8.40. The average molecular weight is 524 g/mol. The van der Waals surface area contributed by atoms with Crippen molar-refractivity contribution in [1.82, 2.24) is 9.80 Å². The highest BCUT2D eigenvalue weighted by Crippen LogP contribution is 2.61. The molecule has 1 unspecified atom stereocenters. The summed E-state index contributed by atoms with van der Waals surface area (Å²) < 4.78 is -0.867. The number of anilines is 1. The van der Waals surface area contributed by atoms with E-state index in [1.807, 2.05) is 69.0 Å². The summed E-state index contributed by atoms with van der Waals surface area (Å²) in [6.45, 7) is 9.32. The lowest BCUT2D eigenvalue weighted by Gasteiger charge is -2.38. The van der Waals surface area contributed by atoms with Crippen molar-refractivity contribution in [3.05, 3.63) is 53.6 Å². The second-order valence-electron chi connectivity index (χ2n) is 10.7. The number of nitrogens with zero attached hydrogens (tertiary/aromatic N) is 3. The van der Waals surface area contributed by atoms with Gasteiger partial charge in [-0.25, -0.2) is 0 Å². The summed E-state index contributed by atoms with van der Waals surface area (Å²) in [7, 11) is 0. The predicted molar refractivity (Wildman–Crippen MR) is 146 cm³/mol. The molecule has 6 atom stereocenters. The predicted octanol–water partition coefficient (Wildman–Crippen LogP) is 3.08. The third kappa shape index (κ3) is 3.95. The molecule has 4 aliphatic heterocycles. The maximum absolute atomic E-state index is 14.5. The summed E-state index contributed by atoms with van der Waals surface area (Å²) in [5, 5.41) is 10.1. The summed E-state index contributed by atoms with van der Waals surface area (Å²) in [4.78, 5) is 48.0. The van der Waals surface area contributed by atoms with Crippen LogP contribution in [0.3, 0.4) is 0 Å². The molecule has 0 aromatic heterocycles. The van der Waals surface area contributed by atoms with E-state index in [1.165, 1.54) is 0 Å². The molecule has 1 N–H and O–H groups in total. The van der Waals surface area contributed by atoms with Gasteiger partial charge in [0.2, 0.25) is 11.8 Å². The van der Waals surface area contributed by atoms with E-state index in [9.17, 15) is 19.5 Å². The van der Waals surface area contributed by atoms with Crippen molar-refractivity contribution in [2.24, 2.45) is 11.8 Å². The molecule has 0 saturated carbocycles. The number of fused-ring (bicyclic) bond motifs is 2. The van der Waals surface area contributed by atoms with Gasteiger partial charge in [-0.3, -0.25) is 14.4 Å². The Balaban J connectivity index is 1.65. The molecule has 7 nitrogen and oxygen atoms in total. The van der Waals surface area contributed by atoms with Gasteiger partial charge in [0.25, 0.3) is 5.91 Å². The Labute approximate surface area is 223 Å². The van der Waals surface area contributed by atoms with Gasteiger partial charge >= 0.3 is 0 Å². The van der Waals surface area contributed by atoms with Gasteiger partial charge in [0.05, 0.1) is 29.2 Å². The van der Waals surface area contributed by atoms with Gasteiger partial charge in [-0.15, -0.1) is 11.8 Å². The minimum atomic E-state index is -0.867. The molecule has 0 radical (unpaired) electrons. The maximum Gasteiger partial charge on any atom is 0.251 e. The standard InChI is InChI=1S/C29H37N3O4S/c1-5-13-30-14-7-9-22-23(26(30)34)24-27(35)32(20(6-2)17-33)25-28(36)31(15-8-12-29(24,25)37-22)21-16-18(3)10-11-19(21)4/h7-12,16,20,22-25,33H,5-6,13-15,17H2,1-4H3/t20-,22+,23-,24-,25?,29-/m0/s1. The van der Waals surface area contributed by atoms with Gasteiger partial charge in [0.15, 0.2) is 0 Å². The highest BCUT2D eigenvalue weighted by atomic mass is 32.2. The number of hydrogen-bond donors (Lipinski definition) is 1. The van der Waals surface area contributed by atoms with Crippen molar-refractivity contribution in [2.45, 2.75) is 62.6 Å². The Bertz CT molecular complexity index is 1160. The zero-order valence-electron chi connectivity index (χ0n) is 22.1. The van der Waals surface area contributed by atoms with E-state index in [4.69, 9.17) is 0 Å². The van der Waals surface area contributed by atoms with Crippen LogP contribution in [0.2, 0.25) is 0 Å². The van der Waals surface area contributed by atoms with E-state index in [0.717, 1.165) is 23.2 Å². The molecular weight excluding hydrogens is 486 g/mol. The van der Waals surface area contributed by atoms with Gasteiger partial charge in [-0.2, -0.15) is 0 Å². The molecule has 1 aromatic rings. The van der Waals surface area contributed by atoms with E-state index in [0.29, 0.717) is 26.1 Å². The van der Waals surface area contributed by atoms with E-state index in [-0.39, 0.29) is 29.6 Å². The van der Waals surface area contributed by atoms with Crippen molar-refractivity contribution in [2.75, 3.05) is 31.1 Å². The summed E-state index contributed by atoms with van der Waals surface area (Å²) >= 11 is 1.59. The number of aliphatic hydroxyl groups is 1. The fraction of sp³-hybridized carbons (Fsp3) is 0.552. The molecule has 198 valence electrons. The Morgan fingerprint density at radius 3 is 2.57 bits per heavy atom. The second kappa shape index (κ2) is 9.95. The van der Waals surface area contributed by atoms with Crippen molar-refractivity contribution in [1.29, 1.82) is 0 Å². The first-order valence-electron chi connectivity index (χ1n) is 13.4. The number of thioether (sulfide) groups is 1. The Kier molecular flexibility index (Phi) is 7.00. The quantitative estimate of drug-likeness (QED) is 0.580. The van der Waals surface area contributed by atoms with Crippen LogP contribution in [0, 0.1) is 25.7 Å². The molecule has 0 aliphatic carbocycles. The molecule has 0 bridgehead atoms. The summed E-state index contributed by atoms with van der Waals surface area (Å²) in [6, 6.07) is 4.77. The van der Waals surface area contributed by atoms with E-state index < -0.39 is 28.7 Å². The monoisotopic (exact) mass is 523 g/mol. The molecule has 1 spiro atoms. The maximum atomic E-state index is 14.5. The smallest absolute Gasteiger partial charge is 0.251 e. The third-order valence-corrected chi connectivity index (χ3v) is 10.1. The molecule has 8 heteroatoms. The fourth-order valence-corrected chi connectivity index (χ4v) is 8.63. The highest BCUT2D eigenvalue weighted by Gasteiger charge is 2.71. The van der Waals surface area contributed by atoms with Crippen molar-refractivity contribution in [3.63, 3.8) is 0 Å². The van der Waals surface area contributed by atoms with E-state index >= 15 is 0 Å². The number of hydrogen-bond acceptors (Lipinski definition) is 5. The number of carbonyl (C=O) groups is 3. The number of carbonyl (C=O) groups excluding carboxylic acids is 3. The number of aliphatic hydroxyl groups excluding tert-OH is 1. The summed E-state index contributed by atoms with van der Waals surface area (Å²) in [5.74, 6) is -1.52. The lowest BCUT2D eigenvalue weighted by molar-refractivity contribution is -0.144. The number of aryl methyl sites for hydroxylation is 2. The lowest BCUT2D eigenvalue weighted by Crippen LogP contribution is -2.56. The highest BCUT2D eigenvalue weighted by molar-refractivity contribution is 8.02. The van der Waals surface area contributed by atoms with Gasteiger partial charge in [-0.1, -0.05) is 50.3 Å². The topological polar surface area (TPSA) is 81.2 Å². The zero-order chi connectivity index (χ0) is 26.5. The Hall–Kier alpha value is -2.58. The molecule has 2 fully saturated rings. The van der Waals surface area contributed by atoms with E-state index in [2.05, 4.69) is 6.08 Å². The van der Waals surface area contributed by atoms with Crippen LogP contribution in [0.25, 0.3) is 0 Å². The SMILES string of the molecule is CCCN1CC=C[C@H]2S[C@]34C=CCN(c5cc(C)ccc5C)C(=O)C3N([C@@H](CC)CO)C(=O)[C@@H]4[C@H]2C1=O. The molecular formula is C29H37N3O4S. The number of amides is 3. The molecule has 37 heavy (non-hydrogen) atoms. The largest absolute Gasteiger partial charge is 0.394 e. The molecule has 4 aliphatic rings. The van der Waals surface area contributed by atoms with Crippen molar-refractivity contribution < 1.29 is 19.5 Å². The van der Waals surface area contributed by atoms with Crippen LogP contribution < -0.4 is 4.90 Å². The van der Waals surface area contributed by atoms with Crippen LogP contribution in [0.1, 0.15) is 37.8 Å². The van der Waals surface area contributed by atoms with Gasteiger partial charge in [-0.05, 0) is 43.9 Å². The molecule has 5 rings (SSSR count). The van der Waals surface area contributed by atoms with Crippen LogP contribution in [0.15, 0.2) is 42.5 Å². The first-order chi connectivity index (χ1) is 17.8. The Morgan fingerprint density at radius 2 is 1.86 bits per heavy atom. The van der Waals surface area contributed by atoms with Crippen molar-refractivity contribution in [3.8, 4) is 0 Å². The van der Waals surface area contributed by atoms with E-state index in [1.54, 1.807) is 21.6 Å². The molecule has 3 amide bonds. The molecule has 4 heterocycles. The van der Waals surface area contributed by atoms with Crippen LogP contribution in [-0.2, 0) is 14.4 Å². The fourth-order valence-electron chi connectivity index (χ4n) is 6.63. The lowest BCUT2D eigenvalue weighted by atomic mass is 9.78. The number of benzene rings is 1. The zero-order valence-corrected chi connectivity index (χ0v) is 22.9. The van der Waals surface area contributed by atoms with Crippen molar-refractivity contribution >= 4 is 35.2 Å².